The second-order valence-electron chi connectivity index (χ2n) is 6.44. The van der Waals surface area contributed by atoms with E-state index in [1.165, 1.54) is 12.8 Å². The molecule has 6 heteroatoms. The van der Waals surface area contributed by atoms with Gasteiger partial charge in [0.15, 0.2) is 0 Å². The Morgan fingerprint density at radius 2 is 1.66 bits per heavy atom. The van der Waals surface area contributed by atoms with Gasteiger partial charge in [0, 0.05) is 5.56 Å². The van der Waals surface area contributed by atoms with Gasteiger partial charge in [0.1, 0.15) is 18.1 Å². The monoisotopic (exact) mass is 396 g/mol. The summed E-state index contributed by atoms with van der Waals surface area (Å²) in [6.07, 6.45) is 6.15. The molecule has 2 aromatic rings. The van der Waals surface area contributed by atoms with Crippen molar-refractivity contribution >= 4 is 11.8 Å². The molecule has 0 radical (unpaired) electrons. The highest BCUT2D eigenvalue weighted by molar-refractivity contribution is 6.00. The Balaban J connectivity index is 1.84. The van der Waals surface area contributed by atoms with Gasteiger partial charge < -0.3 is 9.47 Å². The van der Waals surface area contributed by atoms with Crippen molar-refractivity contribution in [2.45, 2.75) is 32.6 Å². The van der Waals surface area contributed by atoms with Crippen LogP contribution in [0.25, 0.3) is 0 Å². The second-order valence-corrected chi connectivity index (χ2v) is 6.44. The van der Waals surface area contributed by atoms with Gasteiger partial charge in [-0.15, -0.1) is 0 Å². The highest BCUT2D eigenvalue weighted by Crippen LogP contribution is 2.17. The van der Waals surface area contributed by atoms with E-state index in [9.17, 15) is 9.59 Å². The molecule has 0 aliphatic heterocycles. The minimum atomic E-state index is -0.468. The number of hydrogen-bond acceptors (Lipinski definition) is 4. The molecule has 0 aliphatic carbocycles. The standard InChI is InChI=1S/C23H28N2O4/c1-3-5-6-9-17-28-19-14-12-18(13-15-19)22(26)24-25-23(27)20-10-7-8-11-21(20)29-16-4-2/h4,7-8,10-15H,2-3,5-6,9,16-17H2,1H3,(H,24,26)(H,25,27). The Hall–Kier alpha value is -3.28. The number of hydrogen-bond donors (Lipinski definition) is 2. The van der Waals surface area contributed by atoms with E-state index in [-0.39, 0.29) is 6.61 Å². The van der Waals surface area contributed by atoms with Gasteiger partial charge in [-0.25, -0.2) is 0 Å². The molecule has 0 bridgehead atoms. The normalized spacial score (nSPS) is 10.1. The van der Waals surface area contributed by atoms with Crippen LogP contribution in [0.15, 0.2) is 61.2 Å². The quantitative estimate of drug-likeness (QED) is 0.338. The summed E-state index contributed by atoms with van der Waals surface area (Å²) < 4.78 is 11.1. The number of para-hydroxylation sites is 1. The van der Waals surface area contributed by atoms with Gasteiger partial charge in [-0.2, -0.15) is 0 Å². The van der Waals surface area contributed by atoms with E-state index < -0.39 is 11.8 Å². The summed E-state index contributed by atoms with van der Waals surface area (Å²) in [5.41, 5.74) is 5.56. The summed E-state index contributed by atoms with van der Waals surface area (Å²) in [4.78, 5) is 24.6. The first-order valence-corrected chi connectivity index (χ1v) is 9.82. The van der Waals surface area contributed by atoms with Crippen molar-refractivity contribution in [1.82, 2.24) is 10.9 Å². The summed E-state index contributed by atoms with van der Waals surface area (Å²) in [7, 11) is 0. The van der Waals surface area contributed by atoms with Crippen LogP contribution in [0.4, 0.5) is 0 Å². The van der Waals surface area contributed by atoms with E-state index in [0.717, 1.165) is 18.6 Å². The van der Waals surface area contributed by atoms with Crippen LogP contribution in [0.5, 0.6) is 11.5 Å². The predicted octanol–water partition coefficient (Wildman–Crippen LogP) is 4.29. The molecule has 0 aliphatic rings. The van der Waals surface area contributed by atoms with Gasteiger partial charge in [0.05, 0.1) is 12.2 Å². The molecule has 0 heterocycles. The van der Waals surface area contributed by atoms with E-state index >= 15 is 0 Å². The number of nitrogens with one attached hydrogen (secondary N) is 2. The lowest BCUT2D eigenvalue weighted by Crippen LogP contribution is -2.41. The van der Waals surface area contributed by atoms with Crippen molar-refractivity contribution in [3.05, 3.63) is 72.3 Å². The Morgan fingerprint density at radius 3 is 2.38 bits per heavy atom. The smallest absolute Gasteiger partial charge is 0.273 e. The van der Waals surface area contributed by atoms with E-state index in [0.29, 0.717) is 23.5 Å². The number of rotatable bonds is 11. The molecule has 2 rings (SSSR count). The van der Waals surface area contributed by atoms with Crippen LogP contribution in [-0.2, 0) is 0 Å². The molecule has 0 atom stereocenters. The maximum Gasteiger partial charge on any atom is 0.273 e. The van der Waals surface area contributed by atoms with Crippen LogP contribution >= 0.6 is 0 Å². The molecule has 0 saturated carbocycles. The molecule has 2 N–H and O–H groups in total. The van der Waals surface area contributed by atoms with E-state index in [1.54, 1.807) is 54.6 Å². The number of hydrazine groups is 1. The molecule has 0 spiro atoms. The highest BCUT2D eigenvalue weighted by atomic mass is 16.5. The molecule has 2 aromatic carbocycles. The van der Waals surface area contributed by atoms with Crippen molar-refractivity contribution in [1.29, 1.82) is 0 Å². The number of carbonyl (C=O) groups is 2. The van der Waals surface area contributed by atoms with Gasteiger partial charge in [-0.3, -0.25) is 20.4 Å². The number of ether oxygens (including phenoxy) is 2. The lowest BCUT2D eigenvalue weighted by atomic mass is 10.2. The predicted molar refractivity (Wildman–Crippen MR) is 113 cm³/mol. The molecule has 0 aromatic heterocycles. The summed E-state index contributed by atoms with van der Waals surface area (Å²) in [5, 5.41) is 0. The number of unbranched alkanes of at least 4 members (excludes halogenated alkanes) is 3. The molecular weight excluding hydrogens is 368 g/mol. The van der Waals surface area contributed by atoms with E-state index in [4.69, 9.17) is 9.47 Å². The van der Waals surface area contributed by atoms with Gasteiger partial charge >= 0.3 is 0 Å². The molecule has 6 nitrogen and oxygen atoms in total. The fraction of sp³-hybridized carbons (Fsp3) is 0.304. The SMILES string of the molecule is C=CCOc1ccccc1C(=O)NNC(=O)c1ccc(OCCCCCC)cc1. The molecule has 0 saturated heterocycles. The third-order valence-electron chi connectivity index (χ3n) is 4.16. The fourth-order valence-corrected chi connectivity index (χ4v) is 2.60. The lowest BCUT2D eigenvalue weighted by Gasteiger charge is -2.11. The summed E-state index contributed by atoms with van der Waals surface area (Å²) in [6, 6.07) is 13.6. The molecule has 0 unspecified atom stereocenters. The van der Waals surface area contributed by atoms with Crippen LogP contribution in [-0.4, -0.2) is 25.0 Å². The Bertz CT molecular complexity index is 803. The van der Waals surface area contributed by atoms with Gasteiger partial charge in [-0.1, -0.05) is 51.0 Å². The Kier molecular flexibility index (Phi) is 9.29. The van der Waals surface area contributed by atoms with Gasteiger partial charge in [0.2, 0.25) is 0 Å². The largest absolute Gasteiger partial charge is 0.494 e. The van der Waals surface area contributed by atoms with E-state index in [1.807, 2.05) is 0 Å². The molecule has 0 fully saturated rings. The average Bonchev–Trinajstić information content (AvgIpc) is 2.76. The highest BCUT2D eigenvalue weighted by Gasteiger charge is 2.13. The van der Waals surface area contributed by atoms with E-state index in [2.05, 4.69) is 24.4 Å². The molecule has 29 heavy (non-hydrogen) atoms. The minimum absolute atomic E-state index is 0.281. The third kappa shape index (κ3) is 7.33. The van der Waals surface area contributed by atoms with Crippen LogP contribution in [0.1, 0.15) is 53.3 Å². The third-order valence-corrected chi connectivity index (χ3v) is 4.16. The minimum Gasteiger partial charge on any atom is -0.494 e. The maximum atomic E-state index is 12.4. The first kappa shape index (κ1) is 22.0. The van der Waals surface area contributed by atoms with Crippen molar-refractivity contribution in [2.75, 3.05) is 13.2 Å². The Labute approximate surface area is 171 Å². The van der Waals surface area contributed by atoms with Gasteiger partial charge in [0.25, 0.3) is 11.8 Å². The van der Waals surface area contributed by atoms with Crippen molar-refractivity contribution in [2.24, 2.45) is 0 Å². The number of benzene rings is 2. The molecule has 2 amide bonds. The van der Waals surface area contributed by atoms with Crippen molar-refractivity contribution in [3.8, 4) is 11.5 Å². The van der Waals surface area contributed by atoms with Crippen LogP contribution < -0.4 is 20.3 Å². The fourth-order valence-electron chi connectivity index (χ4n) is 2.60. The molecular formula is C23H28N2O4. The zero-order valence-electron chi connectivity index (χ0n) is 16.8. The summed E-state index contributed by atoms with van der Waals surface area (Å²) >= 11 is 0. The zero-order valence-corrected chi connectivity index (χ0v) is 16.8. The van der Waals surface area contributed by atoms with Crippen LogP contribution in [0.3, 0.4) is 0 Å². The van der Waals surface area contributed by atoms with Crippen LogP contribution in [0, 0.1) is 0 Å². The second kappa shape index (κ2) is 12.2. The topological polar surface area (TPSA) is 76.7 Å². The first-order chi connectivity index (χ1) is 14.2. The van der Waals surface area contributed by atoms with Gasteiger partial charge in [-0.05, 0) is 42.8 Å². The maximum absolute atomic E-state index is 12.4. The molecule has 154 valence electrons. The zero-order chi connectivity index (χ0) is 20.9. The number of amides is 2. The summed E-state index contributed by atoms with van der Waals surface area (Å²) in [5.74, 6) is 0.248. The van der Waals surface area contributed by atoms with Crippen molar-refractivity contribution in [3.63, 3.8) is 0 Å². The number of carbonyl (C=O) groups excluding carboxylic acids is 2. The van der Waals surface area contributed by atoms with Crippen LogP contribution in [0.2, 0.25) is 0 Å². The van der Waals surface area contributed by atoms with Crippen molar-refractivity contribution < 1.29 is 19.1 Å². The average molecular weight is 396 g/mol. The summed E-state index contributed by atoms with van der Waals surface area (Å²) in [6.45, 7) is 6.70. The Morgan fingerprint density at radius 1 is 0.931 bits per heavy atom. The first-order valence-electron chi connectivity index (χ1n) is 9.82. The lowest BCUT2D eigenvalue weighted by molar-refractivity contribution is 0.0844.